The van der Waals surface area contributed by atoms with Crippen LogP contribution in [0.1, 0.15) is 42.3 Å². The van der Waals surface area contributed by atoms with E-state index in [0.717, 1.165) is 30.6 Å². The van der Waals surface area contributed by atoms with Crippen molar-refractivity contribution in [2.45, 2.75) is 38.1 Å². The average Bonchev–Trinajstić information content (AvgIpc) is 3.33. The van der Waals surface area contributed by atoms with Gasteiger partial charge in [0, 0.05) is 30.1 Å². The van der Waals surface area contributed by atoms with Gasteiger partial charge in [0.05, 0.1) is 0 Å². The van der Waals surface area contributed by atoms with E-state index in [1.165, 1.54) is 43.6 Å². The molecule has 2 fully saturated rings. The van der Waals surface area contributed by atoms with Crippen molar-refractivity contribution < 1.29 is 0 Å². The number of rotatable bonds is 6. The maximum atomic E-state index is 4.65. The molecule has 0 radical (unpaired) electrons. The number of nitrogens with zero attached hydrogens (tertiary/aromatic N) is 3. The third-order valence-electron chi connectivity index (χ3n) is 4.86. The lowest BCUT2D eigenvalue weighted by atomic mass is 9.97. The third-order valence-corrected chi connectivity index (χ3v) is 5.72. The first-order chi connectivity index (χ1) is 11.4. The highest BCUT2D eigenvalue weighted by Crippen LogP contribution is 2.38. The topological polar surface area (TPSA) is 41.0 Å². The van der Waals surface area contributed by atoms with Crippen molar-refractivity contribution in [3.63, 3.8) is 0 Å². The van der Waals surface area contributed by atoms with Crippen LogP contribution in [0.4, 0.5) is 5.82 Å². The Balaban J connectivity index is 1.22. The average molecular weight is 328 g/mol. The maximum absolute atomic E-state index is 4.65. The predicted octanol–water partition coefficient (Wildman–Crippen LogP) is 3.74. The van der Waals surface area contributed by atoms with Crippen LogP contribution in [0.25, 0.3) is 0 Å². The van der Waals surface area contributed by atoms with Gasteiger partial charge in [-0.1, -0.05) is 6.07 Å². The Morgan fingerprint density at radius 1 is 1.17 bits per heavy atom. The molecule has 1 aliphatic heterocycles. The van der Waals surface area contributed by atoms with E-state index in [2.05, 4.69) is 37.7 Å². The molecule has 2 aliphatic rings. The molecule has 1 N–H and O–H groups in total. The molecule has 1 aliphatic carbocycles. The Bertz CT molecular complexity index is 616. The lowest BCUT2D eigenvalue weighted by Gasteiger charge is -2.31. The number of aromatic nitrogens is 2. The summed E-state index contributed by atoms with van der Waals surface area (Å²) >= 11 is 1.87. The normalized spacial score (nSPS) is 19.8. The van der Waals surface area contributed by atoms with Gasteiger partial charge in [0.25, 0.3) is 0 Å². The number of thiophene rings is 1. The molecule has 0 spiro atoms. The molecule has 2 aromatic heterocycles. The fraction of sp³-hybridized carbons (Fsp3) is 0.556. The van der Waals surface area contributed by atoms with Gasteiger partial charge in [0.15, 0.2) is 0 Å². The van der Waals surface area contributed by atoms with Crippen molar-refractivity contribution in [3.8, 4) is 0 Å². The minimum atomic E-state index is 0.622. The lowest BCUT2D eigenvalue weighted by Crippen LogP contribution is -2.35. The van der Waals surface area contributed by atoms with Crippen LogP contribution < -0.4 is 5.32 Å². The zero-order valence-corrected chi connectivity index (χ0v) is 14.3. The third kappa shape index (κ3) is 4.09. The van der Waals surface area contributed by atoms with E-state index in [4.69, 9.17) is 0 Å². The smallest absolute Gasteiger partial charge is 0.133 e. The maximum Gasteiger partial charge on any atom is 0.133 e. The monoisotopic (exact) mass is 328 g/mol. The number of likely N-dealkylation sites (tertiary alicyclic amines) is 1. The van der Waals surface area contributed by atoms with E-state index in [1.54, 1.807) is 0 Å². The summed E-state index contributed by atoms with van der Waals surface area (Å²) in [5.41, 5.74) is 0. The van der Waals surface area contributed by atoms with Crippen LogP contribution in [-0.2, 0) is 6.54 Å². The SMILES string of the molecule is c1csc(CN2CCC(CNc3ccnc(C4CC4)n3)CC2)c1. The van der Waals surface area contributed by atoms with E-state index >= 15 is 0 Å². The standard InChI is InChI=1S/C18H24N4S/c1-2-16(23-11-1)13-22-9-6-14(7-10-22)12-20-17-5-8-19-18(21-17)15-3-4-15/h1-2,5,8,11,14-15H,3-4,6-7,9-10,12-13H2,(H,19,20,21). The van der Waals surface area contributed by atoms with E-state index in [0.29, 0.717) is 5.92 Å². The van der Waals surface area contributed by atoms with Crippen LogP contribution in [0, 0.1) is 5.92 Å². The quantitative estimate of drug-likeness (QED) is 0.877. The first-order valence-electron chi connectivity index (χ1n) is 8.68. The van der Waals surface area contributed by atoms with Gasteiger partial charge in [-0.05, 0) is 62.2 Å². The molecular formula is C18H24N4S. The van der Waals surface area contributed by atoms with Gasteiger partial charge in [0.1, 0.15) is 11.6 Å². The largest absolute Gasteiger partial charge is 0.370 e. The van der Waals surface area contributed by atoms with E-state index < -0.39 is 0 Å². The van der Waals surface area contributed by atoms with Crippen LogP contribution in [0.5, 0.6) is 0 Å². The van der Waals surface area contributed by atoms with Gasteiger partial charge in [-0.15, -0.1) is 11.3 Å². The van der Waals surface area contributed by atoms with E-state index in [9.17, 15) is 0 Å². The second-order valence-electron chi connectivity index (χ2n) is 6.75. The van der Waals surface area contributed by atoms with Gasteiger partial charge in [-0.2, -0.15) is 0 Å². The molecule has 3 heterocycles. The van der Waals surface area contributed by atoms with E-state index in [-0.39, 0.29) is 0 Å². The molecule has 0 atom stereocenters. The molecule has 0 aromatic carbocycles. The predicted molar refractivity (Wildman–Crippen MR) is 94.8 cm³/mol. The van der Waals surface area contributed by atoms with Crippen LogP contribution >= 0.6 is 11.3 Å². The van der Waals surface area contributed by atoms with Crippen molar-refractivity contribution in [2.24, 2.45) is 5.92 Å². The van der Waals surface area contributed by atoms with Gasteiger partial charge < -0.3 is 5.32 Å². The van der Waals surface area contributed by atoms with Crippen LogP contribution in [0.15, 0.2) is 29.8 Å². The Morgan fingerprint density at radius 2 is 2.04 bits per heavy atom. The summed E-state index contributed by atoms with van der Waals surface area (Å²) < 4.78 is 0. The van der Waals surface area contributed by atoms with Crippen molar-refractivity contribution in [1.29, 1.82) is 0 Å². The molecule has 2 aromatic rings. The molecule has 4 nitrogen and oxygen atoms in total. The summed E-state index contributed by atoms with van der Waals surface area (Å²) in [7, 11) is 0. The minimum absolute atomic E-state index is 0.622. The highest BCUT2D eigenvalue weighted by Gasteiger charge is 2.26. The molecule has 5 heteroatoms. The Morgan fingerprint density at radius 3 is 2.78 bits per heavy atom. The number of hydrogen-bond acceptors (Lipinski definition) is 5. The molecule has 1 saturated heterocycles. The number of piperidine rings is 1. The van der Waals surface area contributed by atoms with Crippen LogP contribution in [-0.4, -0.2) is 34.5 Å². The highest BCUT2D eigenvalue weighted by atomic mass is 32.1. The van der Waals surface area contributed by atoms with Gasteiger partial charge >= 0.3 is 0 Å². The summed E-state index contributed by atoms with van der Waals surface area (Å²) in [6, 6.07) is 6.39. The summed E-state index contributed by atoms with van der Waals surface area (Å²) in [5.74, 6) is 3.41. The second kappa shape index (κ2) is 6.97. The molecule has 0 bridgehead atoms. The number of hydrogen-bond donors (Lipinski definition) is 1. The van der Waals surface area contributed by atoms with Crippen molar-refractivity contribution in [3.05, 3.63) is 40.5 Å². The lowest BCUT2D eigenvalue weighted by molar-refractivity contribution is 0.184. The zero-order valence-electron chi connectivity index (χ0n) is 13.4. The molecule has 4 rings (SSSR count). The van der Waals surface area contributed by atoms with E-state index in [1.807, 2.05) is 23.6 Å². The van der Waals surface area contributed by atoms with Crippen molar-refractivity contribution in [2.75, 3.05) is 25.0 Å². The first-order valence-corrected chi connectivity index (χ1v) is 9.56. The van der Waals surface area contributed by atoms with Gasteiger partial charge in [-0.25, -0.2) is 9.97 Å². The summed E-state index contributed by atoms with van der Waals surface area (Å²) in [4.78, 5) is 13.1. The number of anilines is 1. The Labute approximate surface area is 142 Å². The summed E-state index contributed by atoms with van der Waals surface area (Å²) in [6.07, 6.45) is 6.96. The molecule has 23 heavy (non-hydrogen) atoms. The minimum Gasteiger partial charge on any atom is -0.370 e. The van der Waals surface area contributed by atoms with Crippen molar-refractivity contribution >= 4 is 17.2 Å². The summed E-state index contributed by atoms with van der Waals surface area (Å²) in [6.45, 7) is 4.57. The molecule has 0 amide bonds. The Kier molecular flexibility index (Phi) is 4.57. The fourth-order valence-corrected chi connectivity index (χ4v) is 3.98. The van der Waals surface area contributed by atoms with Crippen LogP contribution in [0.2, 0.25) is 0 Å². The molecular weight excluding hydrogens is 304 g/mol. The summed E-state index contributed by atoms with van der Waals surface area (Å²) in [5, 5.41) is 5.70. The van der Waals surface area contributed by atoms with Crippen LogP contribution in [0.3, 0.4) is 0 Å². The zero-order chi connectivity index (χ0) is 15.5. The van der Waals surface area contributed by atoms with Crippen molar-refractivity contribution in [1.82, 2.24) is 14.9 Å². The Hall–Kier alpha value is -1.46. The molecule has 1 saturated carbocycles. The molecule has 0 unspecified atom stereocenters. The fourth-order valence-electron chi connectivity index (χ4n) is 3.23. The van der Waals surface area contributed by atoms with Gasteiger partial charge in [-0.3, -0.25) is 4.90 Å². The second-order valence-corrected chi connectivity index (χ2v) is 7.79. The highest BCUT2D eigenvalue weighted by molar-refractivity contribution is 7.09. The van der Waals surface area contributed by atoms with Gasteiger partial charge in [0.2, 0.25) is 0 Å². The first kappa shape index (κ1) is 15.1. The number of nitrogens with one attached hydrogen (secondary N) is 1. The molecule has 122 valence electrons.